The van der Waals surface area contributed by atoms with E-state index in [-0.39, 0.29) is 0 Å². The van der Waals surface area contributed by atoms with Crippen LogP contribution in [0.1, 0.15) is 55.8 Å². The lowest BCUT2D eigenvalue weighted by Gasteiger charge is -2.24. The number of aryl methyl sites for hydroxylation is 2. The molecule has 1 aliphatic rings. The molecule has 3 unspecified atom stereocenters. The predicted molar refractivity (Wildman–Crippen MR) is 74.3 cm³/mol. The zero-order valence-electron chi connectivity index (χ0n) is 11.6. The summed E-state index contributed by atoms with van der Waals surface area (Å²) in [4.78, 5) is 0. The van der Waals surface area contributed by atoms with Crippen LogP contribution in [0.15, 0.2) is 18.2 Å². The molecule has 2 rings (SSSR count). The molecule has 0 amide bonds. The Kier molecular flexibility index (Phi) is 3.88. The molecular weight excluding hydrogens is 206 g/mol. The Morgan fingerprint density at radius 1 is 1.24 bits per heavy atom. The second kappa shape index (κ2) is 5.22. The molecule has 1 heteroatoms. The van der Waals surface area contributed by atoms with Gasteiger partial charge in [-0.2, -0.15) is 0 Å². The quantitative estimate of drug-likeness (QED) is 0.824. The van der Waals surface area contributed by atoms with Gasteiger partial charge in [0.2, 0.25) is 0 Å². The highest BCUT2D eigenvalue weighted by molar-refractivity contribution is 5.32. The van der Waals surface area contributed by atoms with Crippen LogP contribution in [0.5, 0.6) is 0 Å². The molecule has 0 heterocycles. The number of hydrogen-bond donors (Lipinski definition) is 1. The Hall–Kier alpha value is -0.820. The summed E-state index contributed by atoms with van der Waals surface area (Å²) in [6, 6.07) is 7.95. The minimum absolute atomic E-state index is 0.473. The maximum atomic E-state index is 3.81. The third kappa shape index (κ3) is 2.90. The van der Waals surface area contributed by atoms with Crippen LogP contribution in [0.2, 0.25) is 0 Å². The molecule has 1 aromatic carbocycles. The van der Waals surface area contributed by atoms with Crippen LogP contribution in [0.25, 0.3) is 0 Å². The van der Waals surface area contributed by atoms with Gasteiger partial charge in [-0.15, -0.1) is 0 Å². The average molecular weight is 231 g/mol. The minimum Gasteiger partial charge on any atom is -0.307 e. The Morgan fingerprint density at radius 3 is 2.65 bits per heavy atom. The van der Waals surface area contributed by atoms with E-state index in [0.29, 0.717) is 12.1 Å². The first-order chi connectivity index (χ1) is 8.08. The summed E-state index contributed by atoms with van der Waals surface area (Å²) in [5, 5.41) is 3.81. The third-order valence-corrected chi connectivity index (χ3v) is 4.23. The lowest BCUT2D eigenvalue weighted by atomic mass is 9.98. The highest BCUT2D eigenvalue weighted by atomic mass is 15.0. The molecule has 0 aromatic heterocycles. The summed E-state index contributed by atoms with van der Waals surface area (Å²) >= 11 is 0. The van der Waals surface area contributed by atoms with Gasteiger partial charge in [-0.25, -0.2) is 0 Å². The molecule has 0 bridgehead atoms. The molecular formula is C16H25N. The SMILES string of the molecule is Cc1ccc(C)c(C(C)NC2CCCC2C)c1. The monoisotopic (exact) mass is 231 g/mol. The van der Waals surface area contributed by atoms with Gasteiger partial charge in [-0.1, -0.05) is 37.1 Å². The van der Waals surface area contributed by atoms with Crippen molar-refractivity contribution in [3.63, 3.8) is 0 Å². The van der Waals surface area contributed by atoms with Gasteiger partial charge in [0.15, 0.2) is 0 Å². The first-order valence-corrected chi connectivity index (χ1v) is 6.91. The van der Waals surface area contributed by atoms with Crippen molar-refractivity contribution in [3.05, 3.63) is 34.9 Å². The average Bonchev–Trinajstić information content (AvgIpc) is 2.68. The highest BCUT2D eigenvalue weighted by Crippen LogP contribution is 2.28. The number of nitrogens with one attached hydrogen (secondary N) is 1. The van der Waals surface area contributed by atoms with Gasteiger partial charge in [0.1, 0.15) is 0 Å². The topological polar surface area (TPSA) is 12.0 Å². The molecule has 1 saturated carbocycles. The normalized spacial score (nSPS) is 26.1. The van der Waals surface area contributed by atoms with E-state index in [1.54, 1.807) is 0 Å². The van der Waals surface area contributed by atoms with E-state index in [0.717, 1.165) is 5.92 Å². The molecule has 1 N–H and O–H groups in total. The van der Waals surface area contributed by atoms with Gasteiger partial charge in [0, 0.05) is 12.1 Å². The third-order valence-electron chi connectivity index (χ3n) is 4.23. The number of hydrogen-bond acceptors (Lipinski definition) is 1. The lowest BCUT2D eigenvalue weighted by Crippen LogP contribution is -2.33. The van der Waals surface area contributed by atoms with E-state index in [9.17, 15) is 0 Å². The van der Waals surface area contributed by atoms with Crippen LogP contribution in [0.4, 0.5) is 0 Å². The molecule has 94 valence electrons. The molecule has 1 aromatic rings. The van der Waals surface area contributed by atoms with Crippen molar-refractivity contribution in [2.75, 3.05) is 0 Å². The van der Waals surface area contributed by atoms with Gasteiger partial charge in [-0.05, 0) is 50.7 Å². The maximum absolute atomic E-state index is 3.81. The number of benzene rings is 1. The van der Waals surface area contributed by atoms with Crippen LogP contribution >= 0.6 is 0 Å². The van der Waals surface area contributed by atoms with Crippen LogP contribution in [0, 0.1) is 19.8 Å². The first kappa shape index (κ1) is 12.6. The van der Waals surface area contributed by atoms with E-state index in [1.165, 1.54) is 36.0 Å². The summed E-state index contributed by atoms with van der Waals surface area (Å²) in [7, 11) is 0. The summed E-state index contributed by atoms with van der Waals surface area (Å²) in [5.74, 6) is 0.836. The zero-order chi connectivity index (χ0) is 12.4. The minimum atomic E-state index is 0.473. The van der Waals surface area contributed by atoms with Crippen LogP contribution in [-0.4, -0.2) is 6.04 Å². The largest absolute Gasteiger partial charge is 0.307 e. The van der Waals surface area contributed by atoms with Crippen molar-refractivity contribution in [1.29, 1.82) is 0 Å². The van der Waals surface area contributed by atoms with E-state index in [2.05, 4.69) is 51.2 Å². The molecule has 0 aliphatic heterocycles. The van der Waals surface area contributed by atoms with Crippen molar-refractivity contribution in [3.8, 4) is 0 Å². The van der Waals surface area contributed by atoms with Crippen molar-refractivity contribution < 1.29 is 0 Å². The van der Waals surface area contributed by atoms with Gasteiger partial charge in [0.05, 0.1) is 0 Å². The fourth-order valence-electron chi connectivity index (χ4n) is 3.03. The zero-order valence-corrected chi connectivity index (χ0v) is 11.6. The van der Waals surface area contributed by atoms with E-state index >= 15 is 0 Å². The lowest BCUT2D eigenvalue weighted by molar-refractivity contribution is 0.387. The fraction of sp³-hybridized carbons (Fsp3) is 0.625. The second-order valence-corrected chi connectivity index (χ2v) is 5.76. The highest BCUT2D eigenvalue weighted by Gasteiger charge is 2.24. The van der Waals surface area contributed by atoms with Gasteiger partial charge >= 0.3 is 0 Å². The Bertz CT molecular complexity index is 383. The molecule has 17 heavy (non-hydrogen) atoms. The van der Waals surface area contributed by atoms with Gasteiger partial charge in [0.25, 0.3) is 0 Å². The predicted octanol–water partition coefficient (Wildman–Crippen LogP) is 4.14. The summed E-state index contributed by atoms with van der Waals surface area (Å²) in [5.41, 5.74) is 4.23. The van der Waals surface area contributed by atoms with E-state index in [4.69, 9.17) is 0 Å². The van der Waals surface area contributed by atoms with Crippen molar-refractivity contribution in [2.24, 2.45) is 5.92 Å². The Balaban J connectivity index is 2.08. The molecule has 1 aliphatic carbocycles. The molecule has 1 fully saturated rings. The molecule has 0 radical (unpaired) electrons. The summed E-state index contributed by atoms with van der Waals surface area (Å²) in [6.45, 7) is 9.06. The van der Waals surface area contributed by atoms with Crippen molar-refractivity contribution in [1.82, 2.24) is 5.32 Å². The van der Waals surface area contributed by atoms with Gasteiger partial charge in [-0.3, -0.25) is 0 Å². The van der Waals surface area contributed by atoms with Crippen LogP contribution in [-0.2, 0) is 0 Å². The van der Waals surface area contributed by atoms with Crippen LogP contribution in [0.3, 0.4) is 0 Å². The molecule has 0 spiro atoms. The standard InChI is InChI=1S/C16H25N/c1-11-8-9-12(2)15(10-11)14(4)17-16-7-5-6-13(16)3/h8-10,13-14,16-17H,5-7H2,1-4H3. The maximum Gasteiger partial charge on any atom is 0.0297 e. The Labute approximate surface area is 106 Å². The first-order valence-electron chi connectivity index (χ1n) is 6.91. The second-order valence-electron chi connectivity index (χ2n) is 5.76. The molecule has 3 atom stereocenters. The Morgan fingerprint density at radius 2 is 2.00 bits per heavy atom. The van der Waals surface area contributed by atoms with E-state index < -0.39 is 0 Å². The van der Waals surface area contributed by atoms with Crippen molar-refractivity contribution in [2.45, 2.75) is 59.0 Å². The summed E-state index contributed by atoms with van der Waals surface area (Å²) < 4.78 is 0. The fourth-order valence-corrected chi connectivity index (χ4v) is 3.03. The number of rotatable bonds is 3. The van der Waals surface area contributed by atoms with Crippen molar-refractivity contribution >= 4 is 0 Å². The smallest absolute Gasteiger partial charge is 0.0297 e. The molecule has 1 nitrogen and oxygen atoms in total. The van der Waals surface area contributed by atoms with Crippen LogP contribution < -0.4 is 5.32 Å². The molecule has 0 saturated heterocycles. The van der Waals surface area contributed by atoms with E-state index in [1.807, 2.05) is 0 Å². The van der Waals surface area contributed by atoms with Gasteiger partial charge < -0.3 is 5.32 Å². The summed E-state index contributed by atoms with van der Waals surface area (Å²) in [6.07, 6.45) is 4.12.